The number of benzene rings is 1. The highest BCUT2D eigenvalue weighted by atomic mass is 31.2. The summed E-state index contributed by atoms with van der Waals surface area (Å²) in [5.74, 6) is 0. The summed E-state index contributed by atoms with van der Waals surface area (Å²) in [7, 11) is -1.59. The van der Waals surface area contributed by atoms with Gasteiger partial charge in [-0.05, 0) is 12.1 Å². The van der Waals surface area contributed by atoms with Crippen molar-refractivity contribution in [2.24, 2.45) is 0 Å². The molecule has 0 aliphatic heterocycles. The molecule has 1 atom stereocenters. The van der Waals surface area contributed by atoms with Crippen molar-refractivity contribution in [2.45, 2.75) is 0 Å². The van der Waals surface area contributed by atoms with Gasteiger partial charge in [-0.2, -0.15) is 0 Å². The first-order valence-electron chi connectivity index (χ1n) is 4.20. The minimum atomic E-state index is -3.38. The highest BCUT2D eigenvalue weighted by Gasteiger charge is 2.11. The van der Waals surface area contributed by atoms with Crippen LogP contribution in [-0.2, 0) is 9.09 Å². The van der Waals surface area contributed by atoms with Gasteiger partial charge < -0.3 is 9.79 Å². The van der Waals surface area contributed by atoms with Crippen LogP contribution in [0.1, 0.15) is 0 Å². The summed E-state index contributed by atoms with van der Waals surface area (Å²) in [6.07, 6.45) is 0. The fourth-order valence-electron chi connectivity index (χ4n) is 0.951. The lowest BCUT2D eigenvalue weighted by molar-refractivity contribution is 0.267. The van der Waals surface area contributed by atoms with E-state index in [0.29, 0.717) is 0 Å². The van der Waals surface area contributed by atoms with Gasteiger partial charge in [0.05, 0.1) is 0 Å². The van der Waals surface area contributed by atoms with E-state index in [9.17, 15) is 4.57 Å². The molecule has 5 heteroatoms. The second-order valence-corrected chi connectivity index (χ2v) is 4.96. The van der Waals surface area contributed by atoms with E-state index in [1.54, 1.807) is 11.9 Å². The lowest BCUT2D eigenvalue weighted by atomic mass is 10.3. The van der Waals surface area contributed by atoms with Crippen LogP contribution in [-0.4, -0.2) is 25.3 Å². The lowest BCUT2D eigenvalue weighted by Gasteiger charge is -2.19. The van der Waals surface area contributed by atoms with Crippen LogP contribution >= 0.6 is 7.60 Å². The molecule has 0 aliphatic rings. The van der Waals surface area contributed by atoms with Crippen LogP contribution in [0.15, 0.2) is 30.3 Å². The van der Waals surface area contributed by atoms with Gasteiger partial charge >= 0.3 is 7.60 Å². The first-order chi connectivity index (χ1) is 6.49. The molecular formula is C9H14NO3P. The zero-order valence-corrected chi connectivity index (χ0v) is 9.15. The average Bonchev–Trinajstić information content (AvgIpc) is 2.14. The third-order valence-electron chi connectivity index (χ3n) is 1.69. The average molecular weight is 215 g/mol. The number of para-hydroxylation sites is 1. The molecule has 1 N–H and O–H groups in total. The Balaban J connectivity index is 2.52. The third kappa shape index (κ3) is 3.92. The van der Waals surface area contributed by atoms with Gasteiger partial charge in [-0.1, -0.05) is 18.2 Å². The molecule has 4 nitrogen and oxygen atoms in total. The highest BCUT2D eigenvalue weighted by Crippen LogP contribution is 2.36. The van der Waals surface area contributed by atoms with Crippen molar-refractivity contribution in [3.8, 4) is 0 Å². The Morgan fingerprint density at radius 3 is 2.50 bits per heavy atom. The second kappa shape index (κ2) is 4.60. The van der Waals surface area contributed by atoms with Gasteiger partial charge in [-0.15, -0.1) is 0 Å². The standard InChI is InChI=1S/C9H14NO3P/c1-10(8-13-14(2,11)12)9-6-4-3-5-7-9/h3-7H,8H2,1-2H3,(H,11,12). The monoisotopic (exact) mass is 215 g/mol. The van der Waals surface area contributed by atoms with E-state index >= 15 is 0 Å². The molecule has 0 amide bonds. The maximum Gasteiger partial charge on any atom is 0.326 e. The summed E-state index contributed by atoms with van der Waals surface area (Å²) < 4.78 is 15.6. The molecule has 0 bridgehead atoms. The number of hydrogen-bond donors (Lipinski definition) is 1. The van der Waals surface area contributed by atoms with Crippen molar-refractivity contribution in [1.29, 1.82) is 0 Å². The van der Waals surface area contributed by atoms with Crippen molar-refractivity contribution < 1.29 is 14.0 Å². The van der Waals surface area contributed by atoms with Gasteiger partial charge in [0.15, 0.2) is 0 Å². The predicted octanol–water partition coefficient (Wildman–Crippen LogP) is 1.91. The first-order valence-corrected chi connectivity index (χ1v) is 6.22. The molecule has 0 radical (unpaired) electrons. The topological polar surface area (TPSA) is 49.8 Å². The molecule has 78 valence electrons. The molecule has 0 saturated carbocycles. The molecule has 1 aromatic carbocycles. The normalized spacial score (nSPS) is 14.8. The van der Waals surface area contributed by atoms with E-state index in [2.05, 4.69) is 0 Å². The van der Waals surface area contributed by atoms with Gasteiger partial charge in [0, 0.05) is 19.4 Å². The van der Waals surface area contributed by atoms with Gasteiger partial charge in [-0.3, -0.25) is 9.09 Å². The van der Waals surface area contributed by atoms with Crippen LogP contribution in [0.5, 0.6) is 0 Å². The van der Waals surface area contributed by atoms with Crippen molar-refractivity contribution >= 4 is 13.3 Å². The summed E-state index contributed by atoms with van der Waals surface area (Å²) in [6, 6.07) is 9.52. The van der Waals surface area contributed by atoms with Crippen molar-refractivity contribution in [1.82, 2.24) is 0 Å². The zero-order chi connectivity index (χ0) is 10.6. The van der Waals surface area contributed by atoms with Crippen molar-refractivity contribution in [3.05, 3.63) is 30.3 Å². The summed E-state index contributed by atoms with van der Waals surface area (Å²) in [6.45, 7) is 1.28. The van der Waals surface area contributed by atoms with Crippen molar-refractivity contribution in [2.75, 3.05) is 25.3 Å². The quantitative estimate of drug-likeness (QED) is 0.615. The predicted molar refractivity (Wildman–Crippen MR) is 56.5 cm³/mol. The molecule has 0 spiro atoms. The van der Waals surface area contributed by atoms with Gasteiger partial charge in [0.1, 0.15) is 6.73 Å². The van der Waals surface area contributed by atoms with Crippen LogP contribution < -0.4 is 4.90 Å². The van der Waals surface area contributed by atoms with Crippen LogP contribution in [0, 0.1) is 0 Å². The Morgan fingerprint density at radius 2 is 2.00 bits per heavy atom. The van der Waals surface area contributed by atoms with E-state index in [-0.39, 0.29) is 6.73 Å². The minimum absolute atomic E-state index is 0.105. The Kier molecular flexibility index (Phi) is 3.69. The molecule has 1 aromatic rings. The van der Waals surface area contributed by atoms with Crippen LogP contribution in [0.3, 0.4) is 0 Å². The molecule has 0 fully saturated rings. The molecule has 0 aromatic heterocycles. The molecule has 0 aliphatic carbocycles. The smallest absolute Gasteiger partial charge is 0.326 e. The summed E-state index contributed by atoms with van der Waals surface area (Å²) in [4.78, 5) is 10.7. The fraction of sp³-hybridized carbons (Fsp3) is 0.333. The summed E-state index contributed by atoms with van der Waals surface area (Å²) >= 11 is 0. The third-order valence-corrected chi connectivity index (χ3v) is 2.28. The van der Waals surface area contributed by atoms with Crippen LogP contribution in [0.4, 0.5) is 5.69 Å². The van der Waals surface area contributed by atoms with E-state index < -0.39 is 7.60 Å². The molecule has 1 rings (SSSR count). The summed E-state index contributed by atoms with van der Waals surface area (Å²) in [5, 5.41) is 0. The Labute approximate surface area is 83.7 Å². The Hall–Kier alpha value is -0.830. The van der Waals surface area contributed by atoms with Crippen molar-refractivity contribution in [3.63, 3.8) is 0 Å². The lowest BCUT2D eigenvalue weighted by Crippen LogP contribution is -2.19. The molecule has 0 heterocycles. The van der Waals surface area contributed by atoms with E-state index in [4.69, 9.17) is 9.42 Å². The van der Waals surface area contributed by atoms with Gasteiger partial charge in [0.2, 0.25) is 0 Å². The maximum atomic E-state index is 10.9. The Morgan fingerprint density at radius 1 is 1.43 bits per heavy atom. The van der Waals surface area contributed by atoms with E-state index in [1.165, 1.54) is 6.66 Å². The highest BCUT2D eigenvalue weighted by molar-refractivity contribution is 7.51. The summed E-state index contributed by atoms with van der Waals surface area (Å²) in [5.41, 5.74) is 0.945. The fourth-order valence-corrected chi connectivity index (χ4v) is 1.34. The molecule has 1 unspecified atom stereocenters. The Bertz CT molecular complexity index is 322. The van der Waals surface area contributed by atoms with Crippen LogP contribution in [0.2, 0.25) is 0 Å². The van der Waals surface area contributed by atoms with Gasteiger partial charge in [-0.25, -0.2) is 0 Å². The van der Waals surface area contributed by atoms with Crippen LogP contribution in [0.25, 0.3) is 0 Å². The number of anilines is 1. The van der Waals surface area contributed by atoms with E-state index in [1.807, 2.05) is 30.3 Å². The molecule has 0 saturated heterocycles. The first kappa shape index (κ1) is 11.2. The van der Waals surface area contributed by atoms with Gasteiger partial charge in [0.25, 0.3) is 0 Å². The molecular weight excluding hydrogens is 201 g/mol. The van der Waals surface area contributed by atoms with E-state index in [0.717, 1.165) is 5.69 Å². The number of hydrogen-bond acceptors (Lipinski definition) is 3. The minimum Gasteiger partial charge on any atom is -0.351 e. The largest absolute Gasteiger partial charge is 0.351 e. The molecule has 14 heavy (non-hydrogen) atoms. The SMILES string of the molecule is CN(COP(C)(=O)O)c1ccccc1. The zero-order valence-electron chi connectivity index (χ0n) is 8.25. The number of nitrogens with zero attached hydrogens (tertiary/aromatic N) is 1. The number of rotatable bonds is 4. The second-order valence-electron chi connectivity index (χ2n) is 3.09. The maximum absolute atomic E-state index is 10.9.